The third kappa shape index (κ3) is 2.86. The normalized spacial score (nSPS) is 12.4. The average Bonchev–Trinajstić information content (AvgIpc) is 2.77. The van der Waals surface area contributed by atoms with Crippen LogP contribution in [0.2, 0.25) is 0 Å². The maximum absolute atomic E-state index is 13.5. The minimum absolute atomic E-state index is 0.114. The van der Waals surface area contributed by atoms with Gasteiger partial charge in [-0.3, -0.25) is 0 Å². The van der Waals surface area contributed by atoms with E-state index in [9.17, 15) is 8.78 Å². The number of hydrogen-bond acceptors (Lipinski definition) is 3. The largest absolute Gasteiger partial charge is 0.480 e. The Kier molecular flexibility index (Phi) is 3.93. The maximum Gasteiger partial charge on any atom is 0.165 e. The highest BCUT2D eigenvalue weighted by Gasteiger charge is 2.16. The minimum atomic E-state index is -0.594. The van der Waals surface area contributed by atoms with Gasteiger partial charge in [0.25, 0.3) is 0 Å². The Labute approximate surface area is 108 Å². The van der Waals surface area contributed by atoms with Crippen molar-refractivity contribution in [1.82, 2.24) is 0 Å². The number of rotatable bonds is 4. The van der Waals surface area contributed by atoms with Crippen molar-refractivity contribution in [2.75, 3.05) is 6.54 Å². The molecule has 2 aromatic rings. The lowest BCUT2D eigenvalue weighted by molar-refractivity contribution is 0.207. The molecule has 1 heterocycles. The first kappa shape index (κ1) is 13.0. The minimum Gasteiger partial charge on any atom is -0.480 e. The third-order valence-electron chi connectivity index (χ3n) is 2.46. The van der Waals surface area contributed by atoms with Gasteiger partial charge in [-0.05, 0) is 31.2 Å². The van der Waals surface area contributed by atoms with Gasteiger partial charge in [0.1, 0.15) is 11.9 Å². The summed E-state index contributed by atoms with van der Waals surface area (Å²) < 4.78 is 31.9. The smallest absolute Gasteiger partial charge is 0.165 e. The van der Waals surface area contributed by atoms with Crippen molar-refractivity contribution in [1.29, 1.82) is 0 Å². The molecule has 0 spiro atoms. The average molecular weight is 269 g/mol. The van der Waals surface area contributed by atoms with Crippen LogP contribution in [0.25, 0.3) is 0 Å². The van der Waals surface area contributed by atoms with Crippen LogP contribution in [0, 0.1) is 18.6 Å². The molecule has 1 unspecified atom stereocenters. The quantitative estimate of drug-likeness (QED) is 0.923. The molecular weight excluding hydrogens is 256 g/mol. The summed E-state index contributed by atoms with van der Waals surface area (Å²) in [5.41, 5.74) is 5.62. The van der Waals surface area contributed by atoms with Crippen LogP contribution in [-0.4, -0.2) is 6.54 Å². The van der Waals surface area contributed by atoms with E-state index >= 15 is 0 Å². The Balaban J connectivity index is 2.22. The molecule has 0 saturated heterocycles. The van der Waals surface area contributed by atoms with Crippen molar-refractivity contribution in [3.05, 3.63) is 51.7 Å². The van der Waals surface area contributed by atoms with Crippen LogP contribution in [0.1, 0.15) is 15.9 Å². The Morgan fingerprint density at radius 1 is 1.28 bits per heavy atom. The van der Waals surface area contributed by atoms with E-state index in [1.165, 1.54) is 11.3 Å². The van der Waals surface area contributed by atoms with Crippen molar-refractivity contribution in [3.8, 4) is 5.75 Å². The molecule has 2 rings (SSSR count). The molecule has 1 atom stereocenters. The highest BCUT2D eigenvalue weighted by Crippen LogP contribution is 2.28. The second-order valence-corrected chi connectivity index (χ2v) is 5.18. The zero-order chi connectivity index (χ0) is 13.1. The van der Waals surface area contributed by atoms with Crippen LogP contribution in [0.3, 0.4) is 0 Å². The molecule has 0 radical (unpaired) electrons. The molecule has 96 valence electrons. The maximum atomic E-state index is 13.5. The molecule has 0 saturated carbocycles. The summed E-state index contributed by atoms with van der Waals surface area (Å²) in [6, 6.07) is 6.94. The van der Waals surface area contributed by atoms with Gasteiger partial charge in [0.15, 0.2) is 11.6 Å². The molecule has 0 amide bonds. The molecule has 0 bridgehead atoms. The van der Waals surface area contributed by atoms with E-state index in [1.54, 1.807) is 0 Å². The summed E-state index contributed by atoms with van der Waals surface area (Å²) in [4.78, 5) is 2.02. The lowest BCUT2D eigenvalue weighted by Gasteiger charge is -2.16. The van der Waals surface area contributed by atoms with Crippen LogP contribution in [0.15, 0.2) is 30.3 Å². The molecule has 18 heavy (non-hydrogen) atoms. The number of nitrogens with two attached hydrogens (primary N) is 1. The molecule has 1 aromatic carbocycles. The van der Waals surface area contributed by atoms with Crippen molar-refractivity contribution in [3.63, 3.8) is 0 Å². The number of hydrogen-bond donors (Lipinski definition) is 1. The molecule has 0 aliphatic rings. The molecular formula is C13H13F2NOS. The monoisotopic (exact) mass is 269 g/mol. The van der Waals surface area contributed by atoms with E-state index in [1.807, 2.05) is 19.1 Å². The van der Waals surface area contributed by atoms with E-state index < -0.39 is 17.7 Å². The summed E-state index contributed by atoms with van der Waals surface area (Å²) in [6.45, 7) is 2.17. The summed E-state index contributed by atoms with van der Waals surface area (Å²) >= 11 is 1.53. The van der Waals surface area contributed by atoms with Gasteiger partial charge in [0.2, 0.25) is 0 Å². The van der Waals surface area contributed by atoms with Crippen molar-refractivity contribution in [2.24, 2.45) is 5.73 Å². The first-order chi connectivity index (χ1) is 8.60. The SMILES string of the molecule is Cc1ccc(C(CN)Oc2cc(F)ccc2F)s1. The van der Waals surface area contributed by atoms with Crippen LogP contribution in [0.5, 0.6) is 5.75 Å². The Hall–Kier alpha value is -1.46. The predicted molar refractivity (Wildman–Crippen MR) is 67.8 cm³/mol. The topological polar surface area (TPSA) is 35.2 Å². The van der Waals surface area contributed by atoms with Crippen LogP contribution >= 0.6 is 11.3 Å². The number of thiophene rings is 1. The van der Waals surface area contributed by atoms with Crippen LogP contribution in [-0.2, 0) is 0 Å². The van der Waals surface area contributed by atoms with Crippen LogP contribution < -0.4 is 10.5 Å². The van der Waals surface area contributed by atoms with Gasteiger partial charge in [0.05, 0.1) is 0 Å². The van der Waals surface area contributed by atoms with Gasteiger partial charge in [-0.15, -0.1) is 11.3 Å². The highest BCUT2D eigenvalue weighted by atomic mass is 32.1. The molecule has 2 nitrogen and oxygen atoms in total. The summed E-state index contributed by atoms with van der Waals surface area (Å²) in [6.07, 6.45) is -0.458. The fraction of sp³-hybridized carbons (Fsp3) is 0.231. The van der Waals surface area contributed by atoms with Crippen molar-refractivity contribution >= 4 is 11.3 Å². The predicted octanol–water partition coefficient (Wildman–Crippen LogP) is 3.41. The fourth-order valence-electron chi connectivity index (χ4n) is 1.57. The van der Waals surface area contributed by atoms with Crippen molar-refractivity contribution < 1.29 is 13.5 Å². The summed E-state index contributed by atoms with van der Waals surface area (Å²) in [5, 5.41) is 0. The van der Waals surface area contributed by atoms with Gasteiger partial charge >= 0.3 is 0 Å². The first-order valence-corrected chi connectivity index (χ1v) is 6.30. The van der Waals surface area contributed by atoms with Gasteiger partial charge in [-0.1, -0.05) is 0 Å². The van der Waals surface area contributed by atoms with Gasteiger partial charge in [0, 0.05) is 22.4 Å². The number of ether oxygens (including phenoxy) is 1. The first-order valence-electron chi connectivity index (χ1n) is 5.48. The van der Waals surface area contributed by atoms with Gasteiger partial charge in [-0.2, -0.15) is 0 Å². The number of aryl methyl sites for hydroxylation is 1. The molecule has 1 aromatic heterocycles. The Bertz CT molecular complexity index is 542. The second kappa shape index (κ2) is 5.46. The Morgan fingerprint density at radius 3 is 2.67 bits per heavy atom. The standard InChI is InChI=1S/C13H13F2NOS/c1-8-2-5-13(18-8)12(7-16)17-11-6-9(14)3-4-10(11)15/h2-6,12H,7,16H2,1H3. The summed E-state index contributed by atoms with van der Waals surface area (Å²) in [5.74, 6) is -1.25. The highest BCUT2D eigenvalue weighted by molar-refractivity contribution is 7.12. The van der Waals surface area contributed by atoms with E-state index in [4.69, 9.17) is 10.5 Å². The number of benzene rings is 1. The zero-order valence-electron chi connectivity index (χ0n) is 9.82. The van der Waals surface area contributed by atoms with Gasteiger partial charge in [-0.25, -0.2) is 8.78 Å². The van der Waals surface area contributed by atoms with Crippen molar-refractivity contribution in [2.45, 2.75) is 13.0 Å². The lowest BCUT2D eigenvalue weighted by Crippen LogP contribution is -2.18. The number of halogens is 2. The van der Waals surface area contributed by atoms with Crippen LogP contribution in [0.4, 0.5) is 8.78 Å². The van der Waals surface area contributed by atoms with E-state index in [-0.39, 0.29) is 12.3 Å². The lowest BCUT2D eigenvalue weighted by atomic mass is 10.2. The van der Waals surface area contributed by atoms with E-state index in [0.29, 0.717) is 0 Å². The van der Waals surface area contributed by atoms with E-state index in [0.717, 1.165) is 28.0 Å². The molecule has 0 aliphatic carbocycles. The molecule has 2 N–H and O–H groups in total. The molecule has 5 heteroatoms. The fourth-order valence-corrected chi connectivity index (χ4v) is 2.49. The van der Waals surface area contributed by atoms with Gasteiger partial charge < -0.3 is 10.5 Å². The van der Waals surface area contributed by atoms with E-state index in [2.05, 4.69) is 0 Å². The molecule has 0 fully saturated rings. The molecule has 0 aliphatic heterocycles. The Morgan fingerprint density at radius 2 is 2.06 bits per heavy atom. The summed E-state index contributed by atoms with van der Waals surface area (Å²) in [7, 11) is 0. The second-order valence-electron chi connectivity index (χ2n) is 3.87. The zero-order valence-corrected chi connectivity index (χ0v) is 10.6. The third-order valence-corrected chi connectivity index (χ3v) is 3.55.